The minimum atomic E-state index is -3.58. The normalized spacial score (nSPS) is 11.4. The molecule has 0 amide bonds. The van der Waals surface area contributed by atoms with Crippen molar-refractivity contribution in [1.82, 2.24) is 19.9 Å². The van der Waals surface area contributed by atoms with Crippen LogP contribution in [0.25, 0.3) is 0 Å². The third kappa shape index (κ3) is 3.53. The van der Waals surface area contributed by atoms with E-state index in [1.54, 1.807) is 18.2 Å². The molecular weight excluding hydrogens is 280 g/mol. The molecule has 1 aromatic heterocycles. The molecule has 108 valence electrons. The molecule has 0 unspecified atom stereocenters. The molecule has 1 heterocycles. The summed E-state index contributed by atoms with van der Waals surface area (Å²) in [6, 6.07) is 6.44. The van der Waals surface area contributed by atoms with Crippen molar-refractivity contribution in [1.29, 1.82) is 0 Å². The molecule has 20 heavy (non-hydrogen) atoms. The second-order valence-corrected chi connectivity index (χ2v) is 5.81. The van der Waals surface area contributed by atoms with Crippen LogP contribution in [0.15, 0.2) is 35.5 Å². The molecule has 0 aliphatic carbocycles. The van der Waals surface area contributed by atoms with Gasteiger partial charge in [-0.3, -0.25) is 10.9 Å². The summed E-state index contributed by atoms with van der Waals surface area (Å²) in [5.74, 6) is 6.03. The highest BCUT2D eigenvalue weighted by atomic mass is 32.2. The molecule has 1 aromatic carbocycles. The van der Waals surface area contributed by atoms with Crippen LogP contribution in [0.2, 0.25) is 0 Å². The molecule has 2 rings (SSSR count). The fourth-order valence-electron chi connectivity index (χ4n) is 1.71. The van der Waals surface area contributed by atoms with E-state index in [-0.39, 0.29) is 4.90 Å². The quantitative estimate of drug-likeness (QED) is 0.324. The SMILES string of the molecule is NNc1ccccc1S(=O)(=O)NCCCc1ncn[nH]1. The maximum absolute atomic E-state index is 12.1. The van der Waals surface area contributed by atoms with Crippen LogP contribution in [-0.2, 0) is 16.4 Å². The van der Waals surface area contributed by atoms with Crippen molar-refractivity contribution in [2.24, 2.45) is 5.84 Å². The van der Waals surface area contributed by atoms with E-state index in [9.17, 15) is 8.42 Å². The molecule has 0 fully saturated rings. The molecule has 9 heteroatoms. The summed E-state index contributed by atoms with van der Waals surface area (Å²) in [6.45, 7) is 0.307. The van der Waals surface area contributed by atoms with Crippen LogP contribution in [0.1, 0.15) is 12.2 Å². The Kier molecular flexibility index (Phi) is 4.66. The van der Waals surface area contributed by atoms with Crippen LogP contribution in [0.4, 0.5) is 5.69 Å². The Labute approximate surface area is 116 Å². The lowest BCUT2D eigenvalue weighted by Gasteiger charge is -2.10. The predicted molar refractivity (Wildman–Crippen MR) is 74.1 cm³/mol. The zero-order valence-electron chi connectivity index (χ0n) is 10.7. The highest BCUT2D eigenvalue weighted by Crippen LogP contribution is 2.19. The summed E-state index contributed by atoms with van der Waals surface area (Å²) in [5, 5.41) is 6.44. The average molecular weight is 296 g/mol. The van der Waals surface area contributed by atoms with E-state index in [0.717, 1.165) is 5.82 Å². The number of H-pyrrole nitrogens is 1. The number of nitrogens with zero attached hydrogens (tertiary/aromatic N) is 2. The Balaban J connectivity index is 1.94. The van der Waals surface area contributed by atoms with Crippen LogP contribution < -0.4 is 16.0 Å². The molecule has 0 bridgehead atoms. The van der Waals surface area contributed by atoms with Gasteiger partial charge in [-0.05, 0) is 18.6 Å². The number of nitrogens with one attached hydrogen (secondary N) is 3. The van der Waals surface area contributed by atoms with E-state index >= 15 is 0 Å². The summed E-state index contributed by atoms with van der Waals surface area (Å²) in [4.78, 5) is 4.09. The van der Waals surface area contributed by atoms with Gasteiger partial charge in [-0.25, -0.2) is 18.1 Å². The smallest absolute Gasteiger partial charge is 0.242 e. The van der Waals surface area contributed by atoms with Gasteiger partial charge in [0.1, 0.15) is 17.0 Å². The van der Waals surface area contributed by atoms with Gasteiger partial charge in [0, 0.05) is 13.0 Å². The van der Waals surface area contributed by atoms with Crippen molar-refractivity contribution in [2.75, 3.05) is 12.0 Å². The lowest BCUT2D eigenvalue weighted by Crippen LogP contribution is -2.26. The van der Waals surface area contributed by atoms with Crippen molar-refractivity contribution in [3.05, 3.63) is 36.4 Å². The Hall–Kier alpha value is -1.97. The second kappa shape index (κ2) is 6.46. The van der Waals surface area contributed by atoms with Gasteiger partial charge in [0.2, 0.25) is 10.0 Å². The molecular formula is C11H16N6O2S. The zero-order valence-corrected chi connectivity index (χ0v) is 11.5. The van der Waals surface area contributed by atoms with E-state index in [0.29, 0.717) is 25.1 Å². The number of aromatic nitrogens is 3. The average Bonchev–Trinajstić information content (AvgIpc) is 2.97. The van der Waals surface area contributed by atoms with Crippen molar-refractivity contribution >= 4 is 15.7 Å². The number of para-hydroxylation sites is 1. The predicted octanol–water partition coefficient (Wildman–Crippen LogP) is 0.00140. The first-order chi connectivity index (χ1) is 9.63. The summed E-state index contributed by atoms with van der Waals surface area (Å²) in [7, 11) is -3.58. The Morgan fingerprint density at radius 1 is 1.30 bits per heavy atom. The molecule has 0 radical (unpaired) electrons. The topological polar surface area (TPSA) is 126 Å². The molecule has 5 N–H and O–H groups in total. The number of nitrogens with two attached hydrogens (primary N) is 1. The van der Waals surface area contributed by atoms with Gasteiger partial charge in [0.05, 0.1) is 5.69 Å². The fourth-order valence-corrected chi connectivity index (χ4v) is 2.95. The van der Waals surface area contributed by atoms with Gasteiger partial charge < -0.3 is 5.43 Å². The van der Waals surface area contributed by atoms with Crippen LogP contribution >= 0.6 is 0 Å². The van der Waals surface area contributed by atoms with E-state index in [1.165, 1.54) is 12.4 Å². The molecule has 2 aromatic rings. The van der Waals surface area contributed by atoms with Gasteiger partial charge in [0.15, 0.2) is 0 Å². The standard InChI is InChI=1S/C11H16N6O2S/c12-16-9-4-1-2-5-10(9)20(18,19)15-7-3-6-11-13-8-14-17-11/h1-2,4-5,8,15-16H,3,6-7,12H2,(H,13,14,17). The molecule has 0 aliphatic heterocycles. The minimum Gasteiger partial charge on any atom is -0.323 e. The molecule has 0 aliphatic rings. The third-order valence-corrected chi connectivity index (χ3v) is 4.20. The lowest BCUT2D eigenvalue weighted by molar-refractivity contribution is 0.578. The van der Waals surface area contributed by atoms with Gasteiger partial charge in [-0.15, -0.1) is 0 Å². The minimum absolute atomic E-state index is 0.127. The maximum Gasteiger partial charge on any atom is 0.242 e. The molecule has 0 atom stereocenters. The van der Waals surface area contributed by atoms with Crippen LogP contribution in [0.5, 0.6) is 0 Å². The molecule has 8 nitrogen and oxygen atoms in total. The summed E-state index contributed by atoms with van der Waals surface area (Å²) < 4.78 is 26.8. The third-order valence-electron chi connectivity index (χ3n) is 2.68. The van der Waals surface area contributed by atoms with E-state index in [1.807, 2.05) is 0 Å². The Morgan fingerprint density at radius 2 is 2.10 bits per heavy atom. The van der Waals surface area contributed by atoms with Crippen LogP contribution in [0.3, 0.4) is 0 Å². The lowest BCUT2D eigenvalue weighted by atomic mass is 10.3. The summed E-state index contributed by atoms with van der Waals surface area (Å²) in [5.41, 5.74) is 2.73. The molecule has 0 spiro atoms. The Bertz CT molecular complexity index is 641. The highest BCUT2D eigenvalue weighted by molar-refractivity contribution is 7.89. The first kappa shape index (κ1) is 14.4. The first-order valence-corrected chi connectivity index (χ1v) is 7.51. The van der Waals surface area contributed by atoms with Crippen LogP contribution in [-0.4, -0.2) is 30.1 Å². The molecule has 0 saturated carbocycles. The second-order valence-electron chi connectivity index (χ2n) is 4.07. The monoisotopic (exact) mass is 296 g/mol. The number of sulfonamides is 1. The van der Waals surface area contributed by atoms with Crippen molar-refractivity contribution < 1.29 is 8.42 Å². The largest absolute Gasteiger partial charge is 0.323 e. The number of hydrogen-bond acceptors (Lipinski definition) is 6. The van der Waals surface area contributed by atoms with E-state index in [4.69, 9.17) is 5.84 Å². The first-order valence-electron chi connectivity index (χ1n) is 6.03. The van der Waals surface area contributed by atoms with E-state index < -0.39 is 10.0 Å². The maximum atomic E-state index is 12.1. The summed E-state index contributed by atoms with van der Waals surface area (Å²) >= 11 is 0. The summed E-state index contributed by atoms with van der Waals surface area (Å²) in [6.07, 6.45) is 2.66. The number of benzene rings is 1. The van der Waals surface area contributed by atoms with E-state index in [2.05, 4.69) is 25.3 Å². The van der Waals surface area contributed by atoms with Crippen molar-refractivity contribution in [3.63, 3.8) is 0 Å². The number of rotatable bonds is 7. The van der Waals surface area contributed by atoms with Gasteiger partial charge in [-0.1, -0.05) is 12.1 Å². The molecule has 0 saturated heterocycles. The highest BCUT2D eigenvalue weighted by Gasteiger charge is 2.16. The van der Waals surface area contributed by atoms with Gasteiger partial charge >= 0.3 is 0 Å². The fraction of sp³-hybridized carbons (Fsp3) is 0.273. The van der Waals surface area contributed by atoms with Gasteiger partial charge in [-0.2, -0.15) is 5.10 Å². The zero-order chi connectivity index (χ0) is 14.4. The Morgan fingerprint density at radius 3 is 2.80 bits per heavy atom. The number of anilines is 1. The van der Waals surface area contributed by atoms with Crippen molar-refractivity contribution in [3.8, 4) is 0 Å². The van der Waals surface area contributed by atoms with Crippen molar-refractivity contribution in [2.45, 2.75) is 17.7 Å². The number of hydrogen-bond donors (Lipinski definition) is 4. The number of hydrazine groups is 1. The van der Waals surface area contributed by atoms with Crippen LogP contribution in [0, 0.1) is 0 Å². The number of aryl methyl sites for hydroxylation is 1. The van der Waals surface area contributed by atoms with Gasteiger partial charge in [0.25, 0.3) is 0 Å². The number of nitrogen functional groups attached to an aromatic ring is 1. The number of aromatic amines is 1.